The molecule has 2 aromatic rings. The van der Waals surface area contributed by atoms with Crippen molar-refractivity contribution in [3.8, 4) is 11.5 Å². The minimum Gasteiger partial charge on any atom is -0.526 e. The second kappa shape index (κ2) is 7.87. The first-order valence-corrected chi connectivity index (χ1v) is 9.97. The lowest BCUT2D eigenvalue weighted by atomic mass is 10.3. The molecule has 8 nitrogen and oxygen atoms in total. The molecular formula is C14H16BN2O6S2. The second-order valence-electron chi connectivity index (χ2n) is 4.70. The van der Waals surface area contributed by atoms with Crippen molar-refractivity contribution in [1.29, 1.82) is 0 Å². The van der Waals surface area contributed by atoms with Gasteiger partial charge in [0.2, 0.25) is 20.0 Å². The predicted molar refractivity (Wildman–Crippen MR) is 92.4 cm³/mol. The first kappa shape index (κ1) is 19.3. The summed E-state index contributed by atoms with van der Waals surface area (Å²) >= 11 is 0. The van der Waals surface area contributed by atoms with E-state index in [9.17, 15) is 16.8 Å². The minimum absolute atomic E-state index is 0.0445. The van der Waals surface area contributed by atoms with Gasteiger partial charge in [-0.1, -0.05) is 12.1 Å². The van der Waals surface area contributed by atoms with Crippen LogP contribution >= 0.6 is 0 Å². The molecule has 0 bridgehead atoms. The van der Waals surface area contributed by atoms with Crippen molar-refractivity contribution < 1.29 is 26.1 Å². The number of rotatable bonds is 8. The van der Waals surface area contributed by atoms with Crippen LogP contribution in [-0.4, -0.2) is 38.6 Å². The zero-order chi connectivity index (χ0) is 18.5. The highest BCUT2D eigenvalue weighted by atomic mass is 32.2. The van der Waals surface area contributed by atoms with Gasteiger partial charge in [-0.3, -0.25) is 0 Å². The average molecular weight is 383 g/mol. The molecule has 0 spiro atoms. The molecule has 0 saturated carbocycles. The van der Waals surface area contributed by atoms with Crippen LogP contribution in [-0.2, 0) is 20.0 Å². The third-order valence-electron chi connectivity index (χ3n) is 3.14. The third kappa shape index (κ3) is 4.95. The standard InChI is InChI=1S/C14H16BN2O6S2/c1-16-24(18,19)13-7-3-5-11(9-13)22-15-23-12-6-4-8-14(10-12)25(20,21)17-2/h3-10,16-17H,1-2H3. The maximum absolute atomic E-state index is 11.7. The van der Waals surface area contributed by atoms with E-state index >= 15 is 0 Å². The largest absolute Gasteiger partial charge is 0.658 e. The van der Waals surface area contributed by atoms with Crippen molar-refractivity contribution in [1.82, 2.24) is 9.44 Å². The molecule has 0 unspecified atom stereocenters. The molecule has 2 N–H and O–H groups in total. The molecule has 0 aliphatic carbocycles. The van der Waals surface area contributed by atoms with Gasteiger partial charge in [-0.25, -0.2) is 26.3 Å². The molecule has 0 atom stereocenters. The molecule has 0 saturated heterocycles. The first-order chi connectivity index (χ1) is 11.8. The Bertz CT molecular complexity index is 870. The van der Waals surface area contributed by atoms with Crippen LogP contribution in [0.15, 0.2) is 58.3 Å². The Morgan fingerprint density at radius 3 is 1.52 bits per heavy atom. The topological polar surface area (TPSA) is 111 Å². The van der Waals surface area contributed by atoms with E-state index in [1.54, 1.807) is 12.1 Å². The molecule has 1 radical (unpaired) electrons. The summed E-state index contributed by atoms with van der Waals surface area (Å²) in [6.45, 7) is 0. The highest BCUT2D eigenvalue weighted by Gasteiger charge is 2.14. The van der Waals surface area contributed by atoms with E-state index in [4.69, 9.17) is 9.31 Å². The molecule has 2 rings (SSSR count). The van der Waals surface area contributed by atoms with E-state index < -0.39 is 20.0 Å². The molecule has 0 heterocycles. The van der Waals surface area contributed by atoms with E-state index in [1.165, 1.54) is 50.5 Å². The van der Waals surface area contributed by atoms with Crippen LogP contribution in [0.1, 0.15) is 0 Å². The van der Waals surface area contributed by atoms with Gasteiger partial charge in [-0.05, 0) is 50.5 Å². The highest BCUT2D eigenvalue weighted by molar-refractivity contribution is 7.89. The fourth-order valence-electron chi connectivity index (χ4n) is 1.80. The summed E-state index contributed by atoms with van der Waals surface area (Å²) in [5.41, 5.74) is 0. The Balaban J connectivity index is 2.05. The molecule has 0 fully saturated rings. The summed E-state index contributed by atoms with van der Waals surface area (Å²) < 4.78 is 61.8. The van der Waals surface area contributed by atoms with Crippen LogP contribution < -0.4 is 18.8 Å². The first-order valence-electron chi connectivity index (χ1n) is 7.01. The van der Waals surface area contributed by atoms with Crippen LogP contribution in [0.4, 0.5) is 0 Å². The number of benzene rings is 2. The summed E-state index contributed by atoms with van der Waals surface area (Å²) in [6.07, 6.45) is 0. The predicted octanol–water partition coefficient (Wildman–Crippen LogP) is 0.495. The van der Waals surface area contributed by atoms with Crippen LogP contribution in [0.3, 0.4) is 0 Å². The maximum Gasteiger partial charge on any atom is 0.658 e. The average Bonchev–Trinajstić information content (AvgIpc) is 2.62. The van der Waals surface area contributed by atoms with Gasteiger partial charge in [0, 0.05) is 0 Å². The summed E-state index contributed by atoms with van der Waals surface area (Å²) in [6, 6.07) is 11.6. The van der Waals surface area contributed by atoms with Crippen molar-refractivity contribution >= 4 is 27.7 Å². The quantitative estimate of drug-likeness (QED) is 0.642. The molecule has 25 heavy (non-hydrogen) atoms. The van der Waals surface area contributed by atoms with E-state index in [-0.39, 0.29) is 21.3 Å². The van der Waals surface area contributed by atoms with Crippen LogP contribution in [0.5, 0.6) is 11.5 Å². The maximum atomic E-state index is 11.7. The summed E-state index contributed by atoms with van der Waals surface area (Å²) in [5, 5.41) is 0. The lowest BCUT2D eigenvalue weighted by Gasteiger charge is -2.09. The molecule has 0 aliphatic rings. The fourth-order valence-corrected chi connectivity index (χ4v) is 3.33. The smallest absolute Gasteiger partial charge is 0.526 e. The molecule has 0 aliphatic heterocycles. The van der Waals surface area contributed by atoms with Crippen molar-refractivity contribution in [3.63, 3.8) is 0 Å². The Labute approximate surface area is 147 Å². The number of sulfonamides is 2. The molecule has 2 aromatic carbocycles. The van der Waals surface area contributed by atoms with Crippen LogP contribution in [0.25, 0.3) is 0 Å². The number of nitrogens with one attached hydrogen (secondary N) is 2. The molecule has 11 heteroatoms. The number of hydrogen-bond acceptors (Lipinski definition) is 6. The van der Waals surface area contributed by atoms with Gasteiger partial charge in [0.15, 0.2) is 0 Å². The van der Waals surface area contributed by atoms with Gasteiger partial charge >= 0.3 is 7.69 Å². The van der Waals surface area contributed by atoms with E-state index in [2.05, 4.69) is 9.44 Å². The summed E-state index contributed by atoms with van der Waals surface area (Å²) in [4.78, 5) is 0.0889. The lowest BCUT2D eigenvalue weighted by Crippen LogP contribution is -2.19. The fraction of sp³-hybridized carbons (Fsp3) is 0.143. The molecular weight excluding hydrogens is 367 g/mol. The van der Waals surface area contributed by atoms with Crippen molar-refractivity contribution in [2.75, 3.05) is 14.1 Å². The van der Waals surface area contributed by atoms with E-state index in [1.807, 2.05) is 0 Å². The third-order valence-corrected chi connectivity index (χ3v) is 5.96. The summed E-state index contributed by atoms with van der Waals surface area (Å²) in [7, 11) is -3.56. The lowest BCUT2D eigenvalue weighted by molar-refractivity contribution is 0.457. The van der Waals surface area contributed by atoms with Crippen LogP contribution in [0.2, 0.25) is 0 Å². The highest BCUT2D eigenvalue weighted by Crippen LogP contribution is 2.19. The summed E-state index contributed by atoms with van der Waals surface area (Å²) in [5.74, 6) is 0.491. The molecule has 0 aromatic heterocycles. The Kier molecular flexibility index (Phi) is 6.06. The second-order valence-corrected chi connectivity index (χ2v) is 8.47. The van der Waals surface area contributed by atoms with Crippen molar-refractivity contribution in [2.24, 2.45) is 0 Å². The number of hydrogen-bond donors (Lipinski definition) is 2. The van der Waals surface area contributed by atoms with E-state index in [0.717, 1.165) is 7.69 Å². The Morgan fingerprint density at radius 1 is 0.760 bits per heavy atom. The molecule has 0 amide bonds. The van der Waals surface area contributed by atoms with Gasteiger partial charge in [0.1, 0.15) is 11.5 Å². The normalized spacial score (nSPS) is 11.8. The van der Waals surface area contributed by atoms with Crippen molar-refractivity contribution in [3.05, 3.63) is 48.5 Å². The van der Waals surface area contributed by atoms with Crippen molar-refractivity contribution in [2.45, 2.75) is 9.79 Å². The zero-order valence-corrected chi connectivity index (χ0v) is 15.1. The van der Waals surface area contributed by atoms with Gasteiger partial charge in [0.05, 0.1) is 9.79 Å². The van der Waals surface area contributed by atoms with Gasteiger partial charge in [0.25, 0.3) is 0 Å². The Morgan fingerprint density at radius 2 is 1.16 bits per heavy atom. The minimum atomic E-state index is -3.58. The van der Waals surface area contributed by atoms with Gasteiger partial charge < -0.3 is 9.31 Å². The SMILES string of the molecule is CNS(=O)(=O)c1cccc(O[B]Oc2cccc(S(=O)(=O)NC)c2)c1. The van der Waals surface area contributed by atoms with Gasteiger partial charge in [-0.15, -0.1) is 0 Å². The van der Waals surface area contributed by atoms with Gasteiger partial charge in [-0.2, -0.15) is 0 Å². The molecule has 133 valence electrons. The Hall–Kier alpha value is -2.08. The van der Waals surface area contributed by atoms with E-state index in [0.29, 0.717) is 0 Å². The van der Waals surface area contributed by atoms with Crippen LogP contribution in [0, 0.1) is 0 Å². The monoisotopic (exact) mass is 383 g/mol. The zero-order valence-electron chi connectivity index (χ0n) is 13.5.